The predicted octanol–water partition coefficient (Wildman–Crippen LogP) is 4.80. The Balaban J connectivity index is 1.44. The molecule has 0 saturated carbocycles. The highest BCUT2D eigenvalue weighted by Crippen LogP contribution is 2.25. The lowest BCUT2D eigenvalue weighted by Crippen LogP contribution is -2.32. The number of hydrazone groups is 1. The first-order valence-corrected chi connectivity index (χ1v) is 12.4. The van der Waals surface area contributed by atoms with Gasteiger partial charge in [0.25, 0.3) is 5.91 Å². The molecule has 3 rings (SSSR count). The number of rotatable bonds is 11. The van der Waals surface area contributed by atoms with Gasteiger partial charge in [-0.05, 0) is 78.6 Å². The third-order valence-corrected chi connectivity index (χ3v) is 5.43. The third-order valence-electron chi connectivity index (χ3n) is 5.13. The van der Waals surface area contributed by atoms with Crippen LogP contribution in [0, 0.1) is 0 Å². The summed E-state index contributed by atoms with van der Waals surface area (Å²) in [4.78, 5) is 36.3. The van der Waals surface area contributed by atoms with Crippen LogP contribution in [0.1, 0.15) is 31.4 Å². The molecule has 0 unspecified atom stereocenters. The summed E-state index contributed by atoms with van der Waals surface area (Å²) in [6.07, 6.45) is 3.13. The second kappa shape index (κ2) is 14.4. The van der Waals surface area contributed by atoms with Gasteiger partial charge in [0, 0.05) is 11.4 Å². The minimum atomic E-state index is -0.936. The largest absolute Gasteiger partial charge is 0.494 e. The Morgan fingerprint density at radius 2 is 1.55 bits per heavy atom. The van der Waals surface area contributed by atoms with Crippen LogP contribution >= 0.6 is 11.6 Å². The fourth-order valence-electron chi connectivity index (χ4n) is 3.14. The number of amides is 3. The highest BCUT2D eigenvalue weighted by molar-refractivity contribution is 6.39. The lowest BCUT2D eigenvalue weighted by atomic mass is 10.1. The minimum absolute atomic E-state index is 0.220. The average molecular weight is 537 g/mol. The Hall–Kier alpha value is -4.37. The minimum Gasteiger partial charge on any atom is -0.494 e. The van der Waals surface area contributed by atoms with Crippen molar-refractivity contribution in [1.29, 1.82) is 0 Å². The number of halogens is 1. The van der Waals surface area contributed by atoms with Crippen molar-refractivity contribution in [3.05, 3.63) is 82.9 Å². The van der Waals surface area contributed by atoms with Gasteiger partial charge in [0.15, 0.2) is 6.61 Å². The zero-order valence-corrected chi connectivity index (χ0v) is 21.9. The number of carbonyl (C=O) groups is 3. The number of nitrogens with one attached hydrogen (secondary N) is 3. The zero-order chi connectivity index (χ0) is 27.3. The molecule has 0 heterocycles. The summed E-state index contributed by atoms with van der Waals surface area (Å²) in [5.41, 5.74) is 5.01. The van der Waals surface area contributed by atoms with Crippen LogP contribution in [-0.2, 0) is 20.8 Å². The van der Waals surface area contributed by atoms with Gasteiger partial charge in [-0.15, -0.1) is 0 Å². The summed E-state index contributed by atoms with van der Waals surface area (Å²) in [5.74, 6) is -1.14. The van der Waals surface area contributed by atoms with Crippen LogP contribution in [0.2, 0.25) is 5.02 Å². The van der Waals surface area contributed by atoms with Crippen LogP contribution < -0.4 is 25.5 Å². The molecule has 10 heteroatoms. The SMILES string of the molecule is CCCOc1ccc(NC(=O)C(=O)N/N=C\c2ccc(OCC(=O)Nc3ccc(CC)cc3)c(Cl)c2)cc1. The lowest BCUT2D eigenvalue weighted by Gasteiger charge is -2.09. The summed E-state index contributed by atoms with van der Waals surface area (Å²) < 4.78 is 11.0. The summed E-state index contributed by atoms with van der Waals surface area (Å²) in [5, 5.41) is 9.28. The van der Waals surface area contributed by atoms with Gasteiger partial charge in [0.05, 0.1) is 17.8 Å². The van der Waals surface area contributed by atoms with Crippen molar-refractivity contribution in [2.75, 3.05) is 23.8 Å². The van der Waals surface area contributed by atoms with Crippen molar-refractivity contribution in [3.63, 3.8) is 0 Å². The van der Waals surface area contributed by atoms with Gasteiger partial charge in [0.2, 0.25) is 0 Å². The number of hydrogen-bond acceptors (Lipinski definition) is 6. The van der Waals surface area contributed by atoms with Crippen molar-refractivity contribution in [2.24, 2.45) is 5.10 Å². The Morgan fingerprint density at radius 3 is 2.21 bits per heavy atom. The van der Waals surface area contributed by atoms with E-state index in [1.54, 1.807) is 42.5 Å². The van der Waals surface area contributed by atoms with Crippen LogP contribution in [0.5, 0.6) is 11.5 Å². The van der Waals surface area contributed by atoms with Crippen molar-refractivity contribution in [2.45, 2.75) is 26.7 Å². The van der Waals surface area contributed by atoms with Gasteiger partial charge < -0.3 is 20.1 Å². The first-order valence-electron chi connectivity index (χ1n) is 12.1. The molecule has 198 valence electrons. The number of nitrogens with zero attached hydrogens (tertiary/aromatic N) is 1. The van der Waals surface area contributed by atoms with Gasteiger partial charge in [-0.3, -0.25) is 14.4 Å². The fourth-order valence-corrected chi connectivity index (χ4v) is 3.38. The van der Waals surface area contributed by atoms with Crippen molar-refractivity contribution in [3.8, 4) is 11.5 Å². The second-order valence-electron chi connectivity index (χ2n) is 8.10. The predicted molar refractivity (Wildman–Crippen MR) is 148 cm³/mol. The number of benzene rings is 3. The Labute approximate surface area is 226 Å². The molecule has 0 aliphatic heterocycles. The maximum Gasteiger partial charge on any atom is 0.329 e. The molecular formula is C28H29ClN4O5. The fraction of sp³-hybridized carbons (Fsp3) is 0.214. The molecule has 0 radical (unpaired) electrons. The molecular weight excluding hydrogens is 508 g/mol. The molecule has 0 atom stereocenters. The highest BCUT2D eigenvalue weighted by Gasteiger charge is 2.13. The number of ether oxygens (including phenoxy) is 2. The molecule has 0 spiro atoms. The Bertz CT molecular complexity index is 1280. The zero-order valence-electron chi connectivity index (χ0n) is 21.1. The molecule has 9 nitrogen and oxygen atoms in total. The smallest absolute Gasteiger partial charge is 0.329 e. The normalized spacial score (nSPS) is 10.6. The monoisotopic (exact) mass is 536 g/mol. The molecule has 0 aromatic heterocycles. The van der Waals surface area contributed by atoms with E-state index in [1.165, 1.54) is 11.8 Å². The van der Waals surface area contributed by atoms with E-state index in [0.717, 1.165) is 12.8 Å². The van der Waals surface area contributed by atoms with E-state index in [4.69, 9.17) is 21.1 Å². The van der Waals surface area contributed by atoms with E-state index >= 15 is 0 Å². The molecule has 3 aromatic rings. The molecule has 3 N–H and O–H groups in total. The first-order chi connectivity index (χ1) is 18.4. The van der Waals surface area contributed by atoms with Crippen LogP contribution in [0.15, 0.2) is 71.8 Å². The van der Waals surface area contributed by atoms with Crippen molar-refractivity contribution < 1.29 is 23.9 Å². The van der Waals surface area contributed by atoms with Gasteiger partial charge in [0.1, 0.15) is 11.5 Å². The molecule has 38 heavy (non-hydrogen) atoms. The van der Waals surface area contributed by atoms with E-state index < -0.39 is 11.8 Å². The third kappa shape index (κ3) is 8.94. The van der Waals surface area contributed by atoms with E-state index in [9.17, 15) is 14.4 Å². The highest BCUT2D eigenvalue weighted by atomic mass is 35.5. The number of aryl methyl sites for hydroxylation is 1. The van der Waals surface area contributed by atoms with Crippen molar-refractivity contribution >= 4 is 46.9 Å². The molecule has 0 fully saturated rings. The van der Waals surface area contributed by atoms with Crippen LogP contribution in [0.25, 0.3) is 0 Å². The molecule has 0 bridgehead atoms. The Kier molecular flexibility index (Phi) is 10.7. The summed E-state index contributed by atoms with van der Waals surface area (Å²) >= 11 is 6.25. The van der Waals surface area contributed by atoms with Gasteiger partial charge in [-0.2, -0.15) is 5.10 Å². The standard InChI is InChI=1S/C28H29ClN4O5/c1-3-15-37-23-12-10-22(11-13-23)32-27(35)28(36)33-30-17-20-7-14-25(24(29)16-20)38-18-26(34)31-21-8-5-19(4-2)6-9-21/h5-14,16-17H,3-4,15,18H2,1-2H3,(H,31,34)(H,32,35)(H,33,36)/b30-17-. The van der Waals surface area contributed by atoms with E-state index in [2.05, 4.69) is 28.1 Å². The summed E-state index contributed by atoms with van der Waals surface area (Å²) in [6.45, 7) is 4.44. The summed E-state index contributed by atoms with van der Waals surface area (Å²) in [6, 6.07) is 19.0. The number of anilines is 2. The van der Waals surface area contributed by atoms with Crippen molar-refractivity contribution in [1.82, 2.24) is 5.43 Å². The van der Waals surface area contributed by atoms with Gasteiger partial charge >= 0.3 is 11.8 Å². The number of carbonyl (C=O) groups excluding carboxylic acids is 3. The average Bonchev–Trinajstić information content (AvgIpc) is 2.92. The van der Waals surface area contributed by atoms with Crippen LogP contribution in [0.4, 0.5) is 11.4 Å². The van der Waals surface area contributed by atoms with E-state index in [1.807, 2.05) is 31.2 Å². The van der Waals surface area contributed by atoms with Gasteiger partial charge in [-0.1, -0.05) is 37.6 Å². The molecule has 0 saturated heterocycles. The molecule has 0 aliphatic carbocycles. The lowest BCUT2D eigenvalue weighted by molar-refractivity contribution is -0.136. The maximum absolute atomic E-state index is 12.2. The summed E-state index contributed by atoms with van der Waals surface area (Å²) in [7, 11) is 0. The van der Waals surface area contributed by atoms with E-state index in [0.29, 0.717) is 35.0 Å². The molecule has 3 aromatic carbocycles. The van der Waals surface area contributed by atoms with E-state index in [-0.39, 0.29) is 17.5 Å². The molecule has 3 amide bonds. The Morgan fingerprint density at radius 1 is 0.868 bits per heavy atom. The maximum atomic E-state index is 12.2. The second-order valence-corrected chi connectivity index (χ2v) is 8.51. The topological polar surface area (TPSA) is 118 Å². The quantitative estimate of drug-likeness (QED) is 0.185. The first kappa shape index (κ1) is 28.2. The van der Waals surface area contributed by atoms with Crippen LogP contribution in [0.3, 0.4) is 0 Å². The molecule has 0 aliphatic rings. The van der Waals surface area contributed by atoms with Gasteiger partial charge in [-0.25, -0.2) is 5.43 Å². The van der Waals surface area contributed by atoms with Crippen LogP contribution in [-0.4, -0.2) is 37.1 Å². The number of hydrogen-bond donors (Lipinski definition) is 3.